The topological polar surface area (TPSA) is 49.8 Å². The highest BCUT2D eigenvalue weighted by Crippen LogP contribution is 2.32. The maximum atomic E-state index is 11.3. The third-order valence-corrected chi connectivity index (χ3v) is 4.61. The van der Waals surface area contributed by atoms with Crippen LogP contribution < -0.4 is 0 Å². The van der Waals surface area contributed by atoms with Crippen LogP contribution in [0.3, 0.4) is 0 Å². The predicted octanol–water partition coefficient (Wildman–Crippen LogP) is 2.85. The number of nitrogens with zero attached hydrogens (tertiary/aromatic N) is 1. The Bertz CT molecular complexity index is 476. The molecule has 114 valence electrons. The zero-order valence-electron chi connectivity index (χ0n) is 12.3. The lowest BCUT2D eigenvalue weighted by Gasteiger charge is -2.34. The summed E-state index contributed by atoms with van der Waals surface area (Å²) in [5, 5.41) is 9.26. The Morgan fingerprint density at radius 1 is 1.19 bits per heavy atom. The molecule has 0 aromatic heterocycles. The summed E-state index contributed by atoms with van der Waals surface area (Å²) in [6.45, 7) is 1.63. The van der Waals surface area contributed by atoms with Crippen molar-refractivity contribution < 1.29 is 14.6 Å². The lowest BCUT2D eigenvalue weighted by Crippen LogP contribution is -2.42. The van der Waals surface area contributed by atoms with Gasteiger partial charge in [-0.1, -0.05) is 30.3 Å². The van der Waals surface area contributed by atoms with Crippen LogP contribution in [0.5, 0.6) is 0 Å². The zero-order valence-corrected chi connectivity index (χ0v) is 12.3. The first-order valence-corrected chi connectivity index (χ1v) is 7.91. The van der Waals surface area contributed by atoms with Gasteiger partial charge >= 0.3 is 5.97 Å². The van der Waals surface area contributed by atoms with Crippen molar-refractivity contribution >= 4 is 5.97 Å². The quantitative estimate of drug-likeness (QED) is 0.926. The molecule has 2 saturated heterocycles. The number of rotatable bonds is 4. The second-order valence-corrected chi connectivity index (χ2v) is 6.08. The van der Waals surface area contributed by atoms with Crippen LogP contribution in [0, 0.1) is 0 Å². The SMILES string of the molecule is O=C(O)C1CCCN1CC1CCCC(c2ccccc2)O1. The fourth-order valence-corrected chi connectivity index (χ4v) is 3.53. The first kappa shape index (κ1) is 14.5. The van der Waals surface area contributed by atoms with Gasteiger partial charge in [0.1, 0.15) is 6.04 Å². The molecule has 1 aromatic rings. The summed E-state index contributed by atoms with van der Waals surface area (Å²) in [7, 11) is 0. The van der Waals surface area contributed by atoms with Gasteiger partial charge in [-0.2, -0.15) is 0 Å². The Morgan fingerprint density at radius 3 is 2.76 bits per heavy atom. The van der Waals surface area contributed by atoms with E-state index < -0.39 is 5.97 Å². The average Bonchev–Trinajstić information content (AvgIpc) is 2.97. The molecule has 3 unspecified atom stereocenters. The van der Waals surface area contributed by atoms with Gasteiger partial charge in [-0.3, -0.25) is 9.69 Å². The van der Waals surface area contributed by atoms with E-state index in [1.54, 1.807) is 0 Å². The molecule has 2 aliphatic rings. The number of hydrogen-bond acceptors (Lipinski definition) is 3. The van der Waals surface area contributed by atoms with Crippen LogP contribution in [0.1, 0.15) is 43.8 Å². The molecule has 3 atom stereocenters. The molecule has 2 fully saturated rings. The molecule has 0 spiro atoms. The Balaban J connectivity index is 1.60. The van der Waals surface area contributed by atoms with Crippen LogP contribution in [0.15, 0.2) is 30.3 Å². The van der Waals surface area contributed by atoms with Crippen LogP contribution in [-0.4, -0.2) is 41.2 Å². The number of carbonyl (C=O) groups is 1. The van der Waals surface area contributed by atoms with Gasteiger partial charge in [0.05, 0.1) is 12.2 Å². The Kier molecular flexibility index (Phi) is 4.56. The number of benzene rings is 1. The maximum absolute atomic E-state index is 11.3. The monoisotopic (exact) mass is 289 g/mol. The lowest BCUT2D eigenvalue weighted by atomic mass is 9.98. The molecule has 0 bridgehead atoms. The van der Waals surface area contributed by atoms with Crippen molar-refractivity contribution in [2.45, 2.75) is 50.4 Å². The first-order valence-electron chi connectivity index (χ1n) is 7.91. The molecule has 21 heavy (non-hydrogen) atoms. The van der Waals surface area contributed by atoms with Crippen molar-refractivity contribution in [3.8, 4) is 0 Å². The summed E-state index contributed by atoms with van der Waals surface area (Å²) in [5.41, 5.74) is 1.23. The largest absolute Gasteiger partial charge is 0.480 e. The van der Waals surface area contributed by atoms with Gasteiger partial charge in [0.2, 0.25) is 0 Å². The lowest BCUT2D eigenvalue weighted by molar-refractivity contribution is -0.143. The summed E-state index contributed by atoms with van der Waals surface area (Å²) in [6.07, 6.45) is 5.31. The summed E-state index contributed by atoms with van der Waals surface area (Å²) in [6, 6.07) is 10.0. The molecule has 0 saturated carbocycles. The molecule has 0 aliphatic carbocycles. The van der Waals surface area contributed by atoms with E-state index in [-0.39, 0.29) is 18.2 Å². The molecule has 4 nitrogen and oxygen atoms in total. The van der Waals surface area contributed by atoms with Crippen LogP contribution in [0.25, 0.3) is 0 Å². The van der Waals surface area contributed by atoms with Gasteiger partial charge in [0.15, 0.2) is 0 Å². The van der Waals surface area contributed by atoms with Crippen molar-refractivity contribution in [3.63, 3.8) is 0 Å². The van der Waals surface area contributed by atoms with Crippen molar-refractivity contribution in [2.24, 2.45) is 0 Å². The minimum Gasteiger partial charge on any atom is -0.480 e. The molecule has 1 N–H and O–H groups in total. The number of hydrogen-bond donors (Lipinski definition) is 1. The summed E-state index contributed by atoms with van der Waals surface area (Å²) < 4.78 is 6.23. The van der Waals surface area contributed by atoms with E-state index in [0.717, 1.165) is 45.2 Å². The highest BCUT2D eigenvalue weighted by Gasteiger charge is 2.33. The van der Waals surface area contributed by atoms with Crippen LogP contribution in [0.4, 0.5) is 0 Å². The third kappa shape index (κ3) is 3.44. The number of aliphatic carboxylic acids is 1. The molecule has 0 amide bonds. The fraction of sp³-hybridized carbons (Fsp3) is 0.588. The van der Waals surface area contributed by atoms with Crippen molar-refractivity contribution in [3.05, 3.63) is 35.9 Å². The normalized spacial score (nSPS) is 30.4. The Labute approximate surface area is 125 Å². The smallest absolute Gasteiger partial charge is 0.320 e. The van der Waals surface area contributed by atoms with E-state index in [2.05, 4.69) is 17.0 Å². The standard InChI is InChI=1S/C17H23NO3/c19-17(20)15-9-5-11-18(15)12-14-8-4-10-16(21-14)13-6-2-1-3-7-13/h1-3,6-7,14-16H,4-5,8-12H2,(H,19,20). The van der Waals surface area contributed by atoms with Crippen LogP contribution in [-0.2, 0) is 9.53 Å². The summed E-state index contributed by atoms with van der Waals surface area (Å²) in [4.78, 5) is 13.3. The van der Waals surface area contributed by atoms with Gasteiger partial charge in [0, 0.05) is 6.54 Å². The third-order valence-electron chi connectivity index (χ3n) is 4.61. The second-order valence-electron chi connectivity index (χ2n) is 6.08. The van der Waals surface area contributed by atoms with E-state index in [1.165, 1.54) is 5.56 Å². The number of carboxylic acid groups (broad SMARTS) is 1. The van der Waals surface area contributed by atoms with E-state index in [1.807, 2.05) is 18.2 Å². The van der Waals surface area contributed by atoms with Gasteiger partial charge in [0.25, 0.3) is 0 Å². The molecule has 2 aliphatic heterocycles. The van der Waals surface area contributed by atoms with Crippen molar-refractivity contribution in [2.75, 3.05) is 13.1 Å². The maximum Gasteiger partial charge on any atom is 0.320 e. The molecular formula is C17H23NO3. The summed E-state index contributed by atoms with van der Waals surface area (Å²) in [5.74, 6) is -0.692. The first-order chi connectivity index (χ1) is 10.2. The molecule has 2 heterocycles. The number of likely N-dealkylation sites (tertiary alicyclic amines) is 1. The molecule has 1 aromatic carbocycles. The highest BCUT2D eigenvalue weighted by molar-refractivity contribution is 5.73. The molecule has 3 rings (SSSR count). The van der Waals surface area contributed by atoms with E-state index in [9.17, 15) is 9.90 Å². The molecule has 4 heteroatoms. The fourth-order valence-electron chi connectivity index (χ4n) is 3.53. The van der Waals surface area contributed by atoms with Gasteiger partial charge in [-0.25, -0.2) is 0 Å². The van der Waals surface area contributed by atoms with Crippen molar-refractivity contribution in [1.29, 1.82) is 0 Å². The minimum absolute atomic E-state index is 0.156. The van der Waals surface area contributed by atoms with E-state index >= 15 is 0 Å². The van der Waals surface area contributed by atoms with Crippen LogP contribution >= 0.6 is 0 Å². The highest BCUT2D eigenvalue weighted by atomic mass is 16.5. The van der Waals surface area contributed by atoms with Crippen molar-refractivity contribution in [1.82, 2.24) is 4.90 Å². The Morgan fingerprint density at radius 2 is 2.00 bits per heavy atom. The molecular weight excluding hydrogens is 266 g/mol. The van der Waals surface area contributed by atoms with Gasteiger partial charge < -0.3 is 9.84 Å². The predicted molar refractivity (Wildman–Crippen MR) is 80.1 cm³/mol. The Hall–Kier alpha value is -1.39. The zero-order chi connectivity index (χ0) is 14.7. The van der Waals surface area contributed by atoms with Gasteiger partial charge in [-0.15, -0.1) is 0 Å². The van der Waals surface area contributed by atoms with E-state index in [4.69, 9.17) is 4.74 Å². The van der Waals surface area contributed by atoms with E-state index in [0.29, 0.717) is 0 Å². The molecule has 0 radical (unpaired) electrons. The number of carboxylic acids is 1. The number of ether oxygens (including phenoxy) is 1. The van der Waals surface area contributed by atoms with Crippen LogP contribution in [0.2, 0.25) is 0 Å². The van der Waals surface area contributed by atoms with Gasteiger partial charge in [-0.05, 0) is 44.2 Å². The minimum atomic E-state index is -0.692. The second kappa shape index (κ2) is 6.58. The average molecular weight is 289 g/mol. The summed E-state index contributed by atoms with van der Waals surface area (Å²) >= 11 is 0.